The van der Waals surface area contributed by atoms with E-state index in [4.69, 9.17) is 0 Å². The van der Waals surface area contributed by atoms with Gasteiger partial charge in [0.1, 0.15) is 11.3 Å². The van der Waals surface area contributed by atoms with E-state index in [-0.39, 0.29) is 5.82 Å². The highest BCUT2D eigenvalue weighted by molar-refractivity contribution is 5.76. The van der Waals surface area contributed by atoms with Gasteiger partial charge >= 0.3 is 5.92 Å². The number of aromatic amines is 1. The molecule has 31 heavy (non-hydrogen) atoms. The summed E-state index contributed by atoms with van der Waals surface area (Å²) >= 11 is 0. The Morgan fingerprint density at radius 3 is 2.61 bits per heavy atom. The SMILES string of the molecule is C=CC(=C)Nc1cc2c(Nc3cc(C)[nH]n3)nc(C(F)(F)c3ccc(F)cc3)nn2c1. The van der Waals surface area contributed by atoms with Crippen LogP contribution in [-0.4, -0.2) is 24.8 Å². The highest BCUT2D eigenvalue weighted by Gasteiger charge is 2.39. The van der Waals surface area contributed by atoms with Crippen LogP contribution in [0.2, 0.25) is 0 Å². The molecule has 0 aliphatic rings. The molecule has 0 saturated heterocycles. The van der Waals surface area contributed by atoms with Gasteiger partial charge in [-0.3, -0.25) is 5.10 Å². The third kappa shape index (κ3) is 4.00. The summed E-state index contributed by atoms with van der Waals surface area (Å²) in [5.41, 5.74) is 1.87. The summed E-state index contributed by atoms with van der Waals surface area (Å²) in [7, 11) is 0. The zero-order chi connectivity index (χ0) is 22.2. The van der Waals surface area contributed by atoms with Crippen molar-refractivity contribution in [3.63, 3.8) is 0 Å². The number of aryl methyl sites for hydroxylation is 1. The first-order valence-electron chi connectivity index (χ1n) is 9.18. The fourth-order valence-corrected chi connectivity index (χ4v) is 2.92. The van der Waals surface area contributed by atoms with Crippen LogP contribution < -0.4 is 10.6 Å². The summed E-state index contributed by atoms with van der Waals surface area (Å²) < 4.78 is 44.9. The third-order valence-electron chi connectivity index (χ3n) is 4.45. The lowest BCUT2D eigenvalue weighted by atomic mass is 10.1. The fourth-order valence-electron chi connectivity index (χ4n) is 2.92. The lowest BCUT2D eigenvalue weighted by Gasteiger charge is -2.16. The van der Waals surface area contributed by atoms with Gasteiger partial charge in [-0.1, -0.05) is 13.2 Å². The Bertz CT molecular complexity index is 1270. The molecule has 0 spiro atoms. The largest absolute Gasteiger partial charge is 0.355 e. The minimum atomic E-state index is -3.57. The molecule has 10 heteroatoms. The van der Waals surface area contributed by atoms with Gasteiger partial charge in [0.2, 0.25) is 5.82 Å². The average molecular weight is 425 g/mol. The zero-order valence-electron chi connectivity index (χ0n) is 16.5. The second-order valence-electron chi connectivity index (χ2n) is 6.84. The summed E-state index contributed by atoms with van der Waals surface area (Å²) in [5, 5.41) is 16.8. The molecule has 4 aromatic rings. The van der Waals surface area contributed by atoms with E-state index in [9.17, 15) is 4.39 Å². The van der Waals surface area contributed by atoms with Crippen molar-refractivity contribution in [2.75, 3.05) is 10.6 Å². The van der Waals surface area contributed by atoms with Gasteiger partial charge in [-0.25, -0.2) is 13.9 Å². The number of alkyl halides is 2. The number of halogens is 3. The molecular weight excluding hydrogens is 407 g/mol. The van der Waals surface area contributed by atoms with E-state index in [0.29, 0.717) is 22.7 Å². The number of allylic oxidation sites excluding steroid dienone is 1. The summed E-state index contributed by atoms with van der Waals surface area (Å²) in [6.07, 6.45) is 3.05. The van der Waals surface area contributed by atoms with Crippen LogP contribution in [0.15, 0.2) is 67.5 Å². The summed E-state index contributed by atoms with van der Waals surface area (Å²) in [6, 6.07) is 7.32. The molecule has 3 aromatic heterocycles. The van der Waals surface area contributed by atoms with Gasteiger partial charge in [-0.2, -0.15) is 13.9 Å². The molecule has 0 fully saturated rings. The quantitative estimate of drug-likeness (QED) is 0.367. The number of rotatable bonds is 7. The molecule has 0 aliphatic heterocycles. The Morgan fingerprint density at radius 2 is 1.97 bits per heavy atom. The Morgan fingerprint density at radius 1 is 1.23 bits per heavy atom. The van der Waals surface area contributed by atoms with E-state index in [2.05, 4.69) is 44.1 Å². The van der Waals surface area contributed by atoms with E-state index in [1.54, 1.807) is 12.1 Å². The maximum atomic E-state index is 15.2. The molecule has 0 aliphatic carbocycles. The van der Waals surface area contributed by atoms with Gasteiger partial charge in [0, 0.05) is 23.0 Å². The standard InChI is InChI=1S/C21H18F3N7/c1-4-12(2)25-16-10-17-19(26-18-9-13(3)28-29-18)27-20(30-31(17)11-16)21(23,24)14-5-7-15(22)8-6-14/h4-11,25H,1-2H2,3H3,(H2,26,27,28,29,30). The first-order chi connectivity index (χ1) is 14.8. The van der Waals surface area contributed by atoms with Crippen LogP contribution in [0.25, 0.3) is 5.52 Å². The first kappa shape index (κ1) is 20.2. The molecule has 1 aromatic carbocycles. The van der Waals surface area contributed by atoms with E-state index < -0.39 is 23.1 Å². The van der Waals surface area contributed by atoms with Crippen LogP contribution in [0.5, 0.6) is 0 Å². The maximum Gasteiger partial charge on any atom is 0.333 e. The number of anilines is 3. The number of nitrogens with one attached hydrogen (secondary N) is 3. The molecule has 7 nitrogen and oxygen atoms in total. The Balaban J connectivity index is 1.84. The summed E-state index contributed by atoms with van der Waals surface area (Å²) in [4.78, 5) is 4.08. The number of H-pyrrole nitrogens is 1. The van der Waals surface area contributed by atoms with Gasteiger partial charge in [0.05, 0.1) is 11.9 Å². The van der Waals surface area contributed by atoms with E-state index in [1.807, 2.05) is 6.92 Å². The molecule has 0 saturated carbocycles. The lowest BCUT2D eigenvalue weighted by molar-refractivity contribution is 0.0315. The fraction of sp³-hybridized carbons (Fsp3) is 0.0952. The van der Waals surface area contributed by atoms with Gasteiger partial charge in [-0.05, 0) is 43.3 Å². The van der Waals surface area contributed by atoms with Crippen LogP contribution in [0.1, 0.15) is 17.1 Å². The van der Waals surface area contributed by atoms with E-state index in [0.717, 1.165) is 30.0 Å². The van der Waals surface area contributed by atoms with E-state index in [1.165, 1.54) is 16.8 Å². The van der Waals surface area contributed by atoms with Crippen LogP contribution in [0.4, 0.5) is 30.5 Å². The van der Waals surface area contributed by atoms with Crippen molar-refractivity contribution in [2.45, 2.75) is 12.8 Å². The highest BCUT2D eigenvalue weighted by atomic mass is 19.3. The predicted octanol–water partition coefficient (Wildman–Crippen LogP) is 4.90. The van der Waals surface area contributed by atoms with Crippen molar-refractivity contribution in [3.8, 4) is 0 Å². The highest BCUT2D eigenvalue weighted by Crippen LogP contribution is 2.35. The smallest absolute Gasteiger partial charge is 0.333 e. The Hall–Kier alpha value is -4.08. The summed E-state index contributed by atoms with van der Waals surface area (Å²) in [5.74, 6) is -4.42. The van der Waals surface area contributed by atoms with Crippen LogP contribution >= 0.6 is 0 Å². The molecule has 0 atom stereocenters. The van der Waals surface area contributed by atoms with Gasteiger partial charge in [-0.15, -0.1) is 5.10 Å². The molecular formula is C21H18F3N7. The van der Waals surface area contributed by atoms with Crippen molar-refractivity contribution in [2.24, 2.45) is 0 Å². The third-order valence-corrected chi connectivity index (χ3v) is 4.45. The molecule has 0 radical (unpaired) electrons. The van der Waals surface area contributed by atoms with Crippen molar-refractivity contribution in [3.05, 3.63) is 90.4 Å². The number of aromatic nitrogens is 5. The van der Waals surface area contributed by atoms with Gasteiger partial charge in [0.25, 0.3) is 0 Å². The number of hydrogen-bond acceptors (Lipinski definition) is 5. The number of nitrogens with zero attached hydrogens (tertiary/aromatic N) is 4. The van der Waals surface area contributed by atoms with Gasteiger partial charge in [0.15, 0.2) is 11.6 Å². The van der Waals surface area contributed by atoms with Crippen molar-refractivity contribution < 1.29 is 13.2 Å². The van der Waals surface area contributed by atoms with Crippen molar-refractivity contribution in [1.29, 1.82) is 0 Å². The zero-order valence-corrected chi connectivity index (χ0v) is 16.5. The first-order valence-corrected chi connectivity index (χ1v) is 9.18. The number of benzene rings is 1. The molecule has 4 rings (SSSR count). The molecule has 0 bridgehead atoms. The molecule has 0 amide bonds. The summed E-state index contributed by atoms with van der Waals surface area (Å²) in [6.45, 7) is 9.21. The Kier molecular flexibility index (Phi) is 4.97. The number of fused-ring (bicyclic) bond motifs is 1. The minimum absolute atomic E-state index is 0.121. The molecule has 3 heterocycles. The normalized spacial score (nSPS) is 11.5. The van der Waals surface area contributed by atoms with Crippen LogP contribution in [0, 0.1) is 12.7 Å². The average Bonchev–Trinajstić information content (AvgIpc) is 3.33. The predicted molar refractivity (Wildman–Crippen MR) is 112 cm³/mol. The van der Waals surface area contributed by atoms with Gasteiger partial charge < -0.3 is 10.6 Å². The maximum absolute atomic E-state index is 15.2. The van der Waals surface area contributed by atoms with Crippen molar-refractivity contribution >= 4 is 22.8 Å². The second kappa shape index (κ2) is 7.63. The van der Waals surface area contributed by atoms with Crippen LogP contribution in [0.3, 0.4) is 0 Å². The molecule has 3 N–H and O–H groups in total. The monoisotopic (exact) mass is 425 g/mol. The second-order valence-corrected chi connectivity index (χ2v) is 6.84. The number of hydrogen-bond donors (Lipinski definition) is 3. The molecule has 158 valence electrons. The van der Waals surface area contributed by atoms with Crippen molar-refractivity contribution in [1.82, 2.24) is 24.8 Å². The van der Waals surface area contributed by atoms with E-state index >= 15 is 8.78 Å². The topological polar surface area (TPSA) is 82.9 Å². The van der Waals surface area contributed by atoms with Crippen LogP contribution in [-0.2, 0) is 5.92 Å². The Labute approximate surface area is 175 Å². The molecule has 0 unspecified atom stereocenters. The lowest BCUT2D eigenvalue weighted by Crippen LogP contribution is -2.21. The minimum Gasteiger partial charge on any atom is -0.355 e.